The van der Waals surface area contributed by atoms with Gasteiger partial charge in [-0.15, -0.1) is 0 Å². The van der Waals surface area contributed by atoms with E-state index >= 15 is 0 Å². The minimum absolute atomic E-state index is 0.0732. The number of hydrogen-bond acceptors (Lipinski definition) is 4. The Balaban J connectivity index is 1.71. The summed E-state index contributed by atoms with van der Waals surface area (Å²) in [5, 5.41) is 2.78. The lowest BCUT2D eigenvalue weighted by molar-refractivity contribution is -0.128. The zero-order chi connectivity index (χ0) is 20.8. The van der Waals surface area contributed by atoms with Crippen LogP contribution in [0.3, 0.4) is 0 Å². The van der Waals surface area contributed by atoms with E-state index in [1.807, 2.05) is 37.3 Å². The zero-order valence-corrected chi connectivity index (χ0v) is 16.4. The molecule has 7 heteroatoms. The fraction of sp³-hybridized carbons (Fsp3) is 0.318. The Morgan fingerprint density at radius 2 is 2.00 bits per heavy atom. The first kappa shape index (κ1) is 20.5. The molecule has 152 valence electrons. The van der Waals surface area contributed by atoms with E-state index in [-0.39, 0.29) is 42.3 Å². The highest BCUT2D eigenvalue weighted by atomic mass is 19.1. The van der Waals surface area contributed by atoms with Gasteiger partial charge in [0, 0.05) is 18.5 Å². The summed E-state index contributed by atoms with van der Waals surface area (Å²) in [7, 11) is 0. The molecule has 1 aliphatic rings. The van der Waals surface area contributed by atoms with Gasteiger partial charge in [-0.05, 0) is 35.7 Å². The highest BCUT2D eigenvalue weighted by Crippen LogP contribution is 2.18. The first-order valence-corrected chi connectivity index (χ1v) is 9.71. The number of hydrogen-bond donors (Lipinski definition) is 2. The van der Waals surface area contributed by atoms with Gasteiger partial charge in [0.15, 0.2) is 5.96 Å². The number of nitrogens with zero attached hydrogens (tertiary/aromatic N) is 2. The number of aliphatic imine (C=N–C) groups is 1. The molecule has 0 aromatic heterocycles. The predicted molar refractivity (Wildman–Crippen MR) is 109 cm³/mol. The molecule has 0 bridgehead atoms. The highest BCUT2D eigenvalue weighted by molar-refractivity contribution is 5.98. The van der Waals surface area contributed by atoms with Gasteiger partial charge >= 0.3 is 0 Å². The van der Waals surface area contributed by atoms with Crippen LogP contribution in [0.1, 0.15) is 47.7 Å². The topological polar surface area (TPSA) is 87.8 Å². The standard InChI is InChI=1S/C22H25FN4O2/c1-2-6-19-12-20(28)27(22(24)26-19)14-16-9-17(11-18(23)10-16)21(29)25-13-15-7-4-3-5-8-15/h3-5,7-11,19H,2,6,12-14H2,1H3,(H2,24,26)(H,25,29). The third-order valence-corrected chi connectivity index (χ3v) is 4.78. The Morgan fingerprint density at radius 3 is 2.69 bits per heavy atom. The highest BCUT2D eigenvalue weighted by Gasteiger charge is 2.27. The van der Waals surface area contributed by atoms with Crippen LogP contribution >= 0.6 is 0 Å². The average Bonchev–Trinajstić information content (AvgIpc) is 2.69. The molecule has 0 fully saturated rings. The number of carbonyl (C=O) groups excluding carboxylic acids is 2. The molecule has 1 unspecified atom stereocenters. The number of nitrogens with one attached hydrogen (secondary N) is 1. The van der Waals surface area contributed by atoms with Gasteiger partial charge in [-0.25, -0.2) is 9.38 Å². The molecule has 3 N–H and O–H groups in total. The molecule has 1 atom stereocenters. The number of halogens is 1. The van der Waals surface area contributed by atoms with Gasteiger partial charge in [-0.1, -0.05) is 43.7 Å². The van der Waals surface area contributed by atoms with Crippen molar-refractivity contribution in [1.29, 1.82) is 0 Å². The van der Waals surface area contributed by atoms with Crippen molar-refractivity contribution in [1.82, 2.24) is 10.2 Å². The SMILES string of the molecule is CCCC1CC(=O)N(Cc2cc(F)cc(C(=O)NCc3ccccc3)c2)C(N)=N1. The molecule has 2 aromatic carbocycles. The van der Waals surface area contributed by atoms with E-state index in [9.17, 15) is 14.0 Å². The molecule has 0 radical (unpaired) electrons. The molecule has 2 aromatic rings. The van der Waals surface area contributed by atoms with E-state index in [1.165, 1.54) is 17.0 Å². The molecule has 2 amide bonds. The average molecular weight is 396 g/mol. The summed E-state index contributed by atoms with van der Waals surface area (Å²) < 4.78 is 14.1. The summed E-state index contributed by atoms with van der Waals surface area (Å²) in [6, 6.07) is 13.4. The maximum absolute atomic E-state index is 14.1. The number of amides is 2. The summed E-state index contributed by atoms with van der Waals surface area (Å²) in [5.41, 5.74) is 7.59. The summed E-state index contributed by atoms with van der Waals surface area (Å²) in [5.74, 6) is -0.935. The molecule has 0 saturated heterocycles. The van der Waals surface area contributed by atoms with E-state index in [0.29, 0.717) is 12.1 Å². The van der Waals surface area contributed by atoms with Crippen molar-refractivity contribution in [2.24, 2.45) is 10.7 Å². The van der Waals surface area contributed by atoms with Crippen molar-refractivity contribution in [2.75, 3.05) is 0 Å². The summed E-state index contributed by atoms with van der Waals surface area (Å²) in [6.07, 6.45) is 2.00. The van der Waals surface area contributed by atoms with Gasteiger partial charge < -0.3 is 11.1 Å². The Bertz CT molecular complexity index is 914. The van der Waals surface area contributed by atoms with Crippen molar-refractivity contribution < 1.29 is 14.0 Å². The van der Waals surface area contributed by atoms with E-state index in [1.54, 1.807) is 6.07 Å². The Hall–Kier alpha value is -3.22. The monoisotopic (exact) mass is 396 g/mol. The van der Waals surface area contributed by atoms with Crippen LogP contribution in [0, 0.1) is 5.82 Å². The van der Waals surface area contributed by atoms with Crippen LogP contribution in [0.4, 0.5) is 4.39 Å². The maximum atomic E-state index is 14.1. The summed E-state index contributed by atoms with van der Waals surface area (Å²) >= 11 is 0. The van der Waals surface area contributed by atoms with Crippen molar-refractivity contribution in [2.45, 2.75) is 45.3 Å². The van der Waals surface area contributed by atoms with Crippen LogP contribution in [0.2, 0.25) is 0 Å². The number of carbonyl (C=O) groups is 2. The first-order valence-electron chi connectivity index (χ1n) is 9.71. The fourth-order valence-electron chi connectivity index (χ4n) is 3.35. The number of benzene rings is 2. The molecular weight excluding hydrogens is 371 g/mol. The first-order chi connectivity index (χ1) is 14.0. The summed E-state index contributed by atoms with van der Waals surface area (Å²) in [6.45, 7) is 2.44. The molecule has 0 saturated carbocycles. The molecule has 29 heavy (non-hydrogen) atoms. The Kier molecular flexibility index (Phi) is 6.59. The number of rotatable bonds is 7. The van der Waals surface area contributed by atoms with Gasteiger partial charge in [0.05, 0.1) is 12.6 Å². The van der Waals surface area contributed by atoms with Crippen LogP contribution in [0.25, 0.3) is 0 Å². The van der Waals surface area contributed by atoms with Crippen molar-refractivity contribution >= 4 is 17.8 Å². The number of guanidine groups is 1. The minimum Gasteiger partial charge on any atom is -0.369 e. The lowest BCUT2D eigenvalue weighted by Gasteiger charge is -2.29. The lowest BCUT2D eigenvalue weighted by atomic mass is 10.1. The molecule has 6 nitrogen and oxygen atoms in total. The van der Waals surface area contributed by atoms with Crippen LogP contribution in [-0.4, -0.2) is 28.7 Å². The van der Waals surface area contributed by atoms with E-state index in [2.05, 4.69) is 10.3 Å². The molecular formula is C22H25FN4O2. The van der Waals surface area contributed by atoms with Gasteiger partial charge in [0.2, 0.25) is 5.91 Å². The van der Waals surface area contributed by atoms with Crippen molar-refractivity contribution in [3.8, 4) is 0 Å². The van der Waals surface area contributed by atoms with E-state index < -0.39 is 5.82 Å². The van der Waals surface area contributed by atoms with Crippen molar-refractivity contribution in [3.63, 3.8) is 0 Å². The summed E-state index contributed by atoms with van der Waals surface area (Å²) in [4.78, 5) is 30.6. The third-order valence-electron chi connectivity index (χ3n) is 4.78. The maximum Gasteiger partial charge on any atom is 0.251 e. The molecule has 3 rings (SSSR count). The fourth-order valence-corrected chi connectivity index (χ4v) is 3.35. The van der Waals surface area contributed by atoms with E-state index in [4.69, 9.17) is 5.73 Å². The molecule has 1 heterocycles. The Labute approximate surface area is 169 Å². The molecule has 1 aliphatic heterocycles. The van der Waals surface area contributed by atoms with Crippen LogP contribution in [-0.2, 0) is 17.9 Å². The van der Waals surface area contributed by atoms with Gasteiger partial charge in [-0.2, -0.15) is 0 Å². The van der Waals surface area contributed by atoms with Gasteiger partial charge in [0.25, 0.3) is 5.91 Å². The van der Waals surface area contributed by atoms with Crippen LogP contribution in [0.5, 0.6) is 0 Å². The number of nitrogens with two attached hydrogens (primary N) is 1. The lowest BCUT2D eigenvalue weighted by Crippen LogP contribution is -2.46. The van der Waals surface area contributed by atoms with Crippen LogP contribution < -0.4 is 11.1 Å². The second kappa shape index (κ2) is 9.32. The zero-order valence-electron chi connectivity index (χ0n) is 16.4. The third kappa shape index (κ3) is 5.40. The smallest absolute Gasteiger partial charge is 0.251 e. The molecule has 0 spiro atoms. The minimum atomic E-state index is -0.545. The quantitative estimate of drug-likeness (QED) is 0.754. The van der Waals surface area contributed by atoms with E-state index in [0.717, 1.165) is 18.4 Å². The molecule has 0 aliphatic carbocycles. The van der Waals surface area contributed by atoms with Crippen LogP contribution in [0.15, 0.2) is 53.5 Å². The van der Waals surface area contributed by atoms with Gasteiger partial charge in [0.1, 0.15) is 5.82 Å². The van der Waals surface area contributed by atoms with Gasteiger partial charge in [-0.3, -0.25) is 14.5 Å². The second-order valence-corrected chi connectivity index (χ2v) is 7.13. The second-order valence-electron chi connectivity index (χ2n) is 7.13. The normalized spacial score (nSPS) is 16.5. The Morgan fingerprint density at radius 1 is 1.24 bits per heavy atom. The van der Waals surface area contributed by atoms with Crippen molar-refractivity contribution in [3.05, 3.63) is 71.0 Å². The predicted octanol–water partition coefficient (Wildman–Crippen LogP) is 2.97. The largest absolute Gasteiger partial charge is 0.369 e.